The lowest BCUT2D eigenvalue weighted by molar-refractivity contribution is -0.112. The zero-order chi connectivity index (χ0) is 10.7. The molecule has 0 spiro atoms. The fourth-order valence-corrected chi connectivity index (χ4v) is 1.13. The molecule has 0 aliphatic rings. The Balaban J connectivity index is 3.18. The Morgan fingerprint density at radius 2 is 2.00 bits per heavy atom. The number of hydrogen-bond donors (Lipinski definition) is 2. The molecule has 0 saturated heterocycles. The van der Waals surface area contributed by atoms with Crippen molar-refractivity contribution in [1.82, 2.24) is 0 Å². The lowest BCUT2D eigenvalue weighted by atomic mass is 10.2. The molecular formula is C9H5Cl2NO2. The second-order valence-corrected chi connectivity index (χ2v) is 3.21. The van der Waals surface area contributed by atoms with E-state index >= 15 is 0 Å². The van der Waals surface area contributed by atoms with Crippen molar-refractivity contribution in [3.63, 3.8) is 0 Å². The number of halogens is 2. The van der Waals surface area contributed by atoms with Crippen LogP contribution >= 0.6 is 23.2 Å². The smallest absolute Gasteiger partial charge is 0.293 e. The van der Waals surface area contributed by atoms with Crippen molar-refractivity contribution in [2.75, 3.05) is 0 Å². The van der Waals surface area contributed by atoms with Gasteiger partial charge in [0.25, 0.3) is 5.91 Å². The maximum Gasteiger partial charge on any atom is 0.293 e. The second kappa shape index (κ2) is 4.23. The molecule has 1 aromatic rings. The average molecular weight is 230 g/mol. The summed E-state index contributed by atoms with van der Waals surface area (Å²) in [5, 5.41) is 9.47. The summed E-state index contributed by atoms with van der Waals surface area (Å²) in [5.41, 5.74) is 5.16. The van der Waals surface area contributed by atoms with E-state index in [1.165, 1.54) is 12.1 Å². The number of nitrogens with two attached hydrogens (primary N) is 1. The average Bonchev–Trinajstić information content (AvgIpc) is 2.09. The van der Waals surface area contributed by atoms with Gasteiger partial charge in [0.2, 0.25) is 0 Å². The molecule has 0 radical (unpaired) electrons. The van der Waals surface area contributed by atoms with E-state index < -0.39 is 5.91 Å². The van der Waals surface area contributed by atoms with Crippen molar-refractivity contribution in [3.05, 3.63) is 27.7 Å². The first-order valence-electron chi connectivity index (χ1n) is 3.50. The molecule has 1 amide bonds. The van der Waals surface area contributed by atoms with Crippen LogP contribution in [0.5, 0.6) is 5.75 Å². The highest BCUT2D eigenvalue weighted by Gasteiger charge is 2.04. The van der Waals surface area contributed by atoms with Gasteiger partial charge in [-0.25, -0.2) is 0 Å². The topological polar surface area (TPSA) is 63.3 Å². The molecular weight excluding hydrogens is 225 g/mol. The first-order chi connectivity index (χ1) is 6.50. The molecule has 0 aliphatic heterocycles. The highest BCUT2D eigenvalue weighted by Crippen LogP contribution is 2.29. The normalized spacial score (nSPS) is 9.00. The van der Waals surface area contributed by atoms with Crippen molar-refractivity contribution < 1.29 is 9.90 Å². The summed E-state index contributed by atoms with van der Waals surface area (Å²) in [7, 11) is 0. The molecule has 0 aliphatic carbocycles. The molecule has 1 rings (SSSR count). The summed E-state index contributed by atoms with van der Waals surface area (Å²) >= 11 is 11.3. The highest BCUT2D eigenvalue weighted by atomic mass is 35.5. The van der Waals surface area contributed by atoms with Gasteiger partial charge in [-0.2, -0.15) is 0 Å². The van der Waals surface area contributed by atoms with Crippen molar-refractivity contribution in [3.8, 4) is 17.6 Å². The monoisotopic (exact) mass is 229 g/mol. The Bertz CT molecular complexity index is 446. The van der Waals surface area contributed by atoms with E-state index in [4.69, 9.17) is 34.0 Å². The van der Waals surface area contributed by atoms with E-state index in [1.807, 2.05) is 0 Å². The summed E-state index contributed by atoms with van der Waals surface area (Å²) in [6, 6.07) is 2.60. The first kappa shape index (κ1) is 10.7. The van der Waals surface area contributed by atoms with Gasteiger partial charge < -0.3 is 10.8 Å². The lowest BCUT2D eigenvalue weighted by Crippen LogP contribution is -2.06. The van der Waals surface area contributed by atoms with Gasteiger partial charge in [-0.15, -0.1) is 0 Å². The third kappa shape index (κ3) is 2.56. The van der Waals surface area contributed by atoms with Gasteiger partial charge in [0.15, 0.2) is 0 Å². The minimum absolute atomic E-state index is 0.114. The number of carbonyl (C=O) groups is 1. The number of primary amides is 1. The zero-order valence-corrected chi connectivity index (χ0v) is 8.36. The second-order valence-electron chi connectivity index (χ2n) is 2.40. The van der Waals surface area contributed by atoms with E-state index in [1.54, 1.807) is 0 Å². The van der Waals surface area contributed by atoms with E-state index in [0.717, 1.165) is 0 Å². The largest absolute Gasteiger partial charge is 0.506 e. The van der Waals surface area contributed by atoms with Gasteiger partial charge in [0, 0.05) is 17.6 Å². The van der Waals surface area contributed by atoms with Crippen molar-refractivity contribution in [1.29, 1.82) is 0 Å². The number of rotatable bonds is 0. The SMILES string of the molecule is NC(=O)C#Cc1cc(Cl)c(O)cc1Cl. The van der Waals surface area contributed by atoms with Crippen LogP contribution in [0.2, 0.25) is 10.0 Å². The van der Waals surface area contributed by atoms with Gasteiger partial charge in [0.1, 0.15) is 5.75 Å². The molecule has 0 aromatic heterocycles. The molecule has 0 fully saturated rings. The fourth-order valence-electron chi connectivity index (χ4n) is 0.761. The number of aromatic hydroxyl groups is 1. The molecule has 0 unspecified atom stereocenters. The van der Waals surface area contributed by atoms with Crippen LogP contribution in [0.3, 0.4) is 0 Å². The summed E-state index contributed by atoms with van der Waals surface area (Å²) in [4.78, 5) is 10.4. The van der Waals surface area contributed by atoms with Gasteiger partial charge >= 0.3 is 0 Å². The maximum absolute atomic E-state index is 10.4. The molecule has 0 atom stereocenters. The highest BCUT2D eigenvalue weighted by molar-refractivity contribution is 6.35. The Hall–Kier alpha value is -1.37. The fraction of sp³-hybridized carbons (Fsp3) is 0. The van der Waals surface area contributed by atoms with Gasteiger partial charge in [0.05, 0.1) is 10.0 Å². The molecule has 0 bridgehead atoms. The van der Waals surface area contributed by atoms with Gasteiger partial charge in [-0.05, 0) is 6.07 Å². The number of phenols is 1. The zero-order valence-electron chi connectivity index (χ0n) is 6.84. The summed E-state index contributed by atoms with van der Waals surface area (Å²) in [5.74, 6) is 3.65. The molecule has 72 valence electrons. The summed E-state index contributed by atoms with van der Waals surface area (Å²) in [6.45, 7) is 0. The Morgan fingerprint density at radius 3 is 2.57 bits per heavy atom. The quantitative estimate of drug-likeness (QED) is 0.664. The van der Waals surface area contributed by atoms with Crippen molar-refractivity contribution in [2.45, 2.75) is 0 Å². The van der Waals surface area contributed by atoms with Crippen LogP contribution in [0, 0.1) is 11.8 Å². The number of benzene rings is 1. The number of phenolic OH excluding ortho intramolecular Hbond substituents is 1. The summed E-state index contributed by atoms with van der Waals surface area (Å²) < 4.78 is 0. The van der Waals surface area contributed by atoms with Gasteiger partial charge in [-0.1, -0.05) is 29.1 Å². The van der Waals surface area contributed by atoms with E-state index in [-0.39, 0.29) is 15.8 Å². The number of carbonyl (C=O) groups excluding carboxylic acids is 1. The first-order valence-corrected chi connectivity index (χ1v) is 4.26. The molecule has 0 heterocycles. The Morgan fingerprint density at radius 1 is 1.36 bits per heavy atom. The minimum atomic E-state index is -0.759. The van der Waals surface area contributed by atoms with Crippen molar-refractivity contribution >= 4 is 29.1 Å². The maximum atomic E-state index is 10.4. The Labute approximate surface area is 90.4 Å². The van der Waals surface area contributed by atoms with E-state index in [0.29, 0.717) is 5.56 Å². The number of hydrogen-bond acceptors (Lipinski definition) is 2. The third-order valence-corrected chi connectivity index (χ3v) is 1.97. The predicted octanol–water partition coefficient (Wildman–Crippen LogP) is 1.54. The van der Waals surface area contributed by atoms with E-state index in [2.05, 4.69) is 11.8 Å². The van der Waals surface area contributed by atoms with Crippen LogP contribution in [-0.2, 0) is 4.79 Å². The minimum Gasteiger partial charge on any atom is -0.506 e. The summed E-state index contributed by atoms with van der Waals surface area (Å²) in [6.07, 6.45) is 0. The molecule has 5 heteroatoms. The molecule has 3 N–H and O–H groups in total. The lowest BCUT2D eigenvalue weighted by Gasteiger charge is -1.99. The Kier molecular flexibility index (Phi) is 3.23. The van der Waals surface area contributed by atoms with Crippen LogP contribution in [0.15, 0.2) is 12.1 Å². The van der Waals surface area contributed by atoms with Crippen molar-refractivity contribution in [2.24, 2.45) is 5.73 Å². The molecule has 14 heavy (non-hydrogen) atoms. The van der Waals surface area contributed by atoms with Gasteiger partial charge in [-0.3, -0.25) is 4.79 Å². The molecule has 0 saturated carbocycles. The van der Waals surface area contributed by atoms with Crippen LogP contribution in [0.1, 0.15) is 5.56 Å². The number of amides is 1. The standard InChI is InChI=1S/C9H5Cl2NO2/c10-6-4-8(13)7(11)3-5(6)1-2-9(12)14/h3-4,13H,(H2,12,14). The van der Waals surface area contributed by atoms with Crippen LogP contribution in [0.4, 0.5) is 0 Å². The predicted molar refractivity (Wildman–Crippen MR) is 54.2 cm³/mol. The van der Waals surface area contributed by atoms with Crippen LogP contribution in [-0.4, -0.2) is 11.0 Å². The van der Waals surface area contributed by atoms with Crippen LogP contribution < -0.4 is 5.73 Å². The molecule has 3 nitrogen and oxygen atoms in total. The third-order valence-electron chi connectivity index (χ3n) is 1.36. The van der Waals surface area contributed by atoms with E-state index in [9.17, 15) is 4.79 Å². The molecule has 1 aromatic carbocycles. The van der Waals surface area contributed by atoms with Crippen LogP contribution in [0.25, 0.3) is 0 Å².